The van der Waals surface area contributed by atoms with Crippen molar-refractivity contribution in [2.24, 2.45) is 0 Å². The van der Waals surface area contributed by atoms with Crippen LogP contribution in [0.15, 0.2) is 18.2 Å². The molecule has 0 bridgehead atoms. The molecular formula is C17H20F3N5. The zero-order valence-electron chi connectivity index (χ0n) is 14.3. The standard InChI is InChI=1S/C17H20F3N5/c1-9(11-4-12(17(18,19)20)6-13(21)5-11)22-16-14-7-25(3)8-15(14)23-10(2)24-16/h4-6,9H,7-8,21H2,1-3H3,(H,22,23,24)/t9-/m1/s1. The van der Waals surface area contributed by atoms with Gasteiger partial charge in [0.2, 0.25) is 0 Å². The predicted molar refractivity (Wildman–Crippen MR) is 89.8 cm³/mol. The monoisotopic (exact) mass is 351 g/mol. The highest BCUT2D eigenvalue weighted by Crippen LogP contribution is 2.34. The highest BCUT2D eigenvalue weighted by Gasteiger charge is 2.31. The first-order chi connectivity index (χ1) is 11.6. The molecule has 5 nitrogen and oxygen atoms in total. The molecule has 3 rings (SSSR count). The molecule has 0 unspecified atom stereocenters. The topological polar surface area (TPSA) is 67.1 Å². The zero-order valence-corrected chi connectivity index (χ0v) is 14.3. The highest BCUT2D eigenvalue weighted by molar-refractivity contribution is 5.52. The van der Waals surface area contributed by atoms with Gasteiger partial charge >= 0.3 is 6.18 Å². The average Bonchev–Trinajstić information content (AvgIpc) is 2.86. The molecular weight excluding hydrogens is 331 g/mol. The number of hydrogen-bond donors (Lipinski definition) is 2. The van der Waals surface area contributed by atoms with Crippen molar-refractivity contribution < 1.29 is 13.2 Å². The van der Waals surface area contributed by atoms with Gasteiger partial charge in [-0.25, -0.2) is 9.97 Å². The van der Waals surface area contributed by atoms with Crippen LogP contribution in [0.4, 0.5) is 24.7 Å². The molecule has 2 heterocycles. The van der Waals surface area contributed by atoms with Crippen molar-refractivity contribution in [2.75, 3.05) is 18.1 Å². The second-order valence-electron chi connectivity index (χ2n) is 6.47. The van der Waals surface area contributed by atoms with Crippen LogP contribution in [0.3, 0.4) is 0 Å². The van der Waals surface area contributed by atoms with Gasteiger partial charge in [0.05, 0.1) is 17.3 Å². The number of nitrogens with two attached hydrogens (primary N) is 1. The van der Waals surface area contributed by atoms with E-state index in [-0.39, 0.29) is 11.7 Å². The van der Waals surface area contributed by atoms with Crippen LogP contribution in [0.2, 0.25) is 0 Å². The average molecular weight is 351 g/mol. The van der Waals surface area contributed by atoms with Gasteiger partial charge in [0, 0.05) is 24.3 Å². The Labute approximate surface area is 144 Å². The summed E-state index contributed by atoms with van der Waals surface area (Å²) in [5.41, 5.74) is 7.40. The van der Waals surface area contributed by atoms with Gasteiger partial charge in [-0.15, -0.1) is 0 Å². The number of alkyl halides is 3. The fraction of sp³-hybridized carbons (Fsp3) is 0.412. The number of fused-ring (bicyclic) bond motifs is 1. The molecule has 25 heavy (non-hydrogen) atoms. The summed E-state index contributed by atoms with van der Waals surface area (Å²) < 4.78 is 39.0. The Hall–Kier alpha value is -2.35. The van der Waals surface area contributed by atoms with Crippen LogP contribution in [0.5, 0.6) is 0 Å². The van der Waals surface area contributed by atoms with Crippen LogP contribution in [-0.4, -0.2) is 21.9 Å². The third-order valence-corrected chi connectivity index (χ3v) is 4.21. The number of hydrogen-bond acceptors (Lipinski definition) is 5. The summed E-state index contributed by atoms with van der Waals surface area (Å²) in [5, 5.41) is 3.23. The summed E-state index contributed by atoms with van der Waals surface area (Å²) in [7, 11) is 1.98. The zero-order chi connectivity index (χ0) is 18.4. The summed E-state index contributed by atoms with van der Waals surface area (Å²) in [6.07, 6.45) is -4.43. The van der Waals surface area contributed by atoms with Gasteiger partial charge in [0.1, 0.15) is 11.6 Å². The highest BCUT2D eigenvalue weighted by atomic mass is 19.4. The van der Waals surface area contributed by atoms with Crippen molar-refractivity contribution in [3.8, 4) is 0 Å². The third-order valence-electron chi connectivity index (χ3n) is 4.21. The van der Waals surface area contributed by atoms with E-state index in [9.17, 15) is 13.2 Å². The molecule has 1 aromatic carbocycles. The van der Waals surface area contributed by atoms with Gasteiger partial charge in [-0.05, 0) is 44.7 Å². The molecule has 134 valence electrons. The largest absolute Gasteiger partial charge is 0.416 e. The maximum absolute atomic E-state index is 13.0. The second kappa shape index (κ2) is 6.18. The smallest absolute Gasteiger partial charge is 0.399 e. The normalized spacial score (nSPS) is 15.9. The molecule has 1 aromatic heterocycles. The molecule has 0 aliphatic carbocycles. The number of anilines is 2. The number of nitrogen functional groups attached to an aromatic ring is 1. The van der Waals surface area contributed by atoms with Gasteiger partial charge in [0.15, 0.2) is 0 Å². The Morgan fingerprint density at radius 1 is 1.20 bits per heavy atom. The van der Waals surface area contributed by atoms with E-state index in [4.69, 9.17) is 5.73 Å². The van der Waals surface area contributed by atoms with Crippen LogP contribution in [-0.2, 0) is 19.3 Å². The summed E-state index contributed by atoms with van der Waals surface area (Å²) >= 11 is 0. The fourth-order valence-corrected chi connectivity index (χ4v) is 3.03. The lowest BCUT2D eigenvalue weighted by Crippen LogP contribution is -2.14. The Bertz CT molecular complexity index is 804. The Kier molecular flexibility index (Phi) is 4.32. The molecule has 0 amide bonds. The third kappa shape index (κ3) is 3.68. The molecule has 2 aromatic rings. The van der Waals surface area contributed by atoms with Crippen molar-refractivity contribution in [2.45, 2.75) is 39.2 Å². The van der Waals surface area contributed by atoms with Gasteiger partial charge < -0.3 is 11.1 Å². The molecule has 1 aliphatic rings. The van der Waals surface area contributed by atoms with E-state index >= 15 is 0 Å². The first kappa shape index (κ1) is 17.5. The Morgan fingerprint density at radius 3 is 2.60 bits per heavy atom. The Morgan fingerprint density at radius 2 is 1.92 bits per heavy atom. The summed E-state index contributed by atoms with van der Waals surface area (Å²) in [5.74, 6) is 1.29. The van der Waals surface area contributed by atoms with Gasteiger partial charge in [0.25, 0.3) is 0 Å². The quantitative estimate of drug-likeness (QED) is 0.829. The first-order valence-corrected chi connectivity index (χ1v) is 7.92. The van der Waals surface area contributed by atoms with E-state index in [2.05, 4.69) is 20.2 Å². The van der Waals surface area contributed by atoms with Crippen LogP contribution >= 0.6 is 0 Å². The van der Waals surface area contributed by atoms with Gasteiger partial charge in [-0.1, -0.05) is 0 Å². The van der Waals surface area contributed by atoms with Crippen molar-refractivity contribution in [1.82, 2.24) is 14.9 Å². The number of nitrogens with zero attached hydrogens (tertiary/aromatic N) is 3. The van der Waals surface area contributed by atoms with Crippen molar-refractivity contribution >= 4 is 11.5 Å². The van der Waals surface area contributed by atoms with Crippen molar-refractivity contribution in [1.29, 1.82) is 0 Å². The molecule has 8 heteroatoms. The molecule has 0 saturated heterocycles. The molecule has 0 fully saturated rings. The number of halogens is 3. The molecule has 0 radical (unpaired) electrons. The number of aryl methyl sites for hydroxylation is 1. The van der Waals surface area contributed by atoms with Crippen LogP contribution in [0, 0.1) is 6.92 Å². The lowest BCUT2D eigenvalue weighted by atomic mass is 10.0. The van der Waals surface area contributed by atoms with Gasteiger partial charge in [-0.3, -0.25) is 4.90 Å². The maximum atomic E-state index is 13.0. The lowest BCUT2D eigenvalue weighted by molar-refractivity contribution is -0.137. The first-order valence-electron chi connectivity index (χ1n) is 7.92. The maximum Gasteiger partial charge on any atom is 0.416 e. The van der Waals surface area contributed by atoms with Gasteiger partial charge in [-0.2, -0.15) is 13.2 Å². The molecule has 0 spiro atoms. The molecule has 0 saturated carbocycles. The number of nitrogens with one attached hydrogen (secondary N) is 1. The molecule has 1 atom stereocenters. The molecule has 1 aliphatic heterocycles. The minimum Gasteiger partial charge on any atom is -0.399 e. The van der Waals surface area contributed by atoms with E-state index in [0.717, 1.165) is 29.9 Å². The summed E-state index contributed by atoms with van der Waals surface area (Å²) in [6.45, 7) is 5.03. The number of aromatic nitrogens is 2. The lowest BCUT2D eigenvalue weighted by Gasteiger charge is -2.19. The minimum absolute atomic E-state index is 0.0855. The molecule has 3 N–H and O–H groups in total. The fourth-order valence-electron chi connectivity index (χ4n) is 3.03. The predicted octanol–water partition coefficient (Wildman–Crippen LogP) is 3.50. The minimum atomic E-state index is -4.43. The SMILES string of the molecule is Cc1nc2c(c(N[C@H](C)c3cc(N)cc(C(F)(F)F)c3)n1)CN(C)C2. The van der Waals surface area contributed by atoms with E-state index in [0.29, 0.717) is 23.8 Å². The summed E-state index contributed by atoms with van der Waals surface area (Å²) in [6, 6.07) is 3.23. The van der Waals surface area contributed by atoms with Crippen LogP contribution in [0.1, 0.15) is 41.2 Å². The van der Waals surface area contributed by atoms with E-state index < -0.39 is 11.7 Å². The van der Waals surface area contributed by atoms with Crippen LogP contribution in [0.25, 0.3) is 0 Å². The van der Waals surface area contributed by atoms with Crippen LogP contribution < -0.4 is 11.1 Å². The summed E-state index contributed by atoms with van der Waals surface area (Å²) in [4.78, 5) is 11.0. The number of benzene rings is 1. The second-order valence-corrected chi connectivity index (χ2v) is 6.47. The Balaban J connectivity index is 1.92. The van der Waals surface area contributed by atoms with E-state index in [1.54, 1.807) is 19.9 Å². The van der Waals surface area contributed by atoms with Crippen molar-refractivity contribution in [3.63, 3.8) is 0 Å². The van der Waals surface area contributed by atoms with Crippen molar-refractivity contribution in [3.05, 3.63) is 46.4 Å². The number of rotatable bonds is 3. The van der Waals surface area contributed by atoms with E-state index in [1.165, 1.54) is 0 Å². The van der Waals surface area contributed by atoms with E-state index in [1.807, 2.05) is 7.05 Å².